The number of benzene rings is 1. The molecule has 1 heterocycles. The highest BCUT2D eigenvalue weighted by atomic mass is 19.1. The molecule has 2 aromatic rings. The lowest BCUT2D eigenvalue weighted by Crippen LogP contribution is -2.21. The number of hydrogen-bond donors (Lipinski definition) is 3. The molecule has 1 aromatic carbocycles. The van der Waals surface area contributed by atoms with Crippen molar-refractivity contribution in [2.45, 2.75) is 19.2 Å². The minimum absolute atomic E-state index is 0.0210. The number of nitrogens with zero attached hydrogens (tertiary/aromatic N) is 3. The van der Waals surface area contributed by atoms with Crippen molar-refractivity contribution in [2.75, 3.05) is 6.61 Å². The highest BCUT2D eigenvalue weighted by molar-refractivity contribution is 5.62. The predicted molar refractivity (Wildman–Crippen MR) is 66.4 cm³/mol. The average Bonchev–Trinajstić information content (AvgIpc) is 2.82. The molecule has 0 fully saturated rings. The SMILES string of the molecule is NCc1nnn(CC(O)CO)c1-c1ccccc1F. The molecule has 0 radical (unpaired) electrons. The number of hydrogen-bond acceptors (Lipinski definition) is 5. The summed E-state index contributed by atoms with van der Waals surface area (Å²) >= 11 is 0. The Morgan fingerprint density at radius 2 is 2.11 bits per heavy atom. The summed E-state index contributed by atoms with van der Waals surface area (Å²) in [5, 5.41) is 26.0. The molecule has 6 nitrogen and oxygen atoms in total. The van der Waals surface area contributed by atoms with Gasteiger partial charge >= 0.3 is 0 Å². The Balaban J connectivity index is 2.48. The number of halogens is 1. The standard InChI is InChI=1S/C12H15FN4O2/c13-10-4-2-1-3-9(10)12-11(5-14)15-16-17(12)6-8(19)7-18/h1-4,8,18-19H,5-7,14H2. The van der Waals surface area contributed by atoms with Crippen molar-refractivity contribution < 1.29 is 14.6 Å². The first-order valence-corrected chi connectivity index (χ1v) is 5.83. The summed E-state index contributed by atoms with van der Waals surface area (Å²) in [7, 11) is 0. The number of aromatic nitrogens is 3. The second-order valence-corrected chi connectivity index (χ2v) is 4.09. The molecule has 1 aromatic heterocycles. The van der Waals surface area contributed by atoms with Gasteiger partial charge in [0.15, 0.2) is 0 Å². The van der Waals surface area contributed by atoms with Crippen LogP contribution >= 0.6 is 0 Å². The van der Waals surface area contributed by atoms with Crippen LogP contribution in [0, 0.1) is 5.82 Å². The van der Waals surface area contributed by atoms with E-state index in [4.69, 9.17) is 10.8 Å². The van der Waals surface area contributed by atoms with Gasteiger partial charge < -0.3 is 15.9 Å². The van der Waals surface area contributed by atoms with Crippen LogP contribution in [0.3, 0.4) is 0 Å². The molecule has 19 heavy (non-hydrogen) atoms. The molecule has 0 bridgehead atoms. The summed E-state index contributed by atoms with van der Waals surface area (Å²) in [4.78, 5) is 0. The smallest absolute Gasteiger partial charge is 0.132 e. The third-order valence-corrected chi connectivity index (χ3v) is 2.72. The van der Waals surface area contributed by atoms with Crippen molar-refractivity contribution in [1.82, 2.24) is 15.0 Å². The van der Waals surface area contributed by atoms with Gasteiger partial charge in [0, 0.05) is 12.1 Å². The fraction of sp³-hybridized carbons (Fsp3) is 0.333. The summed E-state index contributed by atoms with van der Waals surface area (Å²) in [6, 6.07) is 6.20. The number of nitrogens with two attached hydrogens (primary N) is 1. The van der Waals surface area contributed by atoms with Gasteiger partial charge in [-0.25, -0.2) is 9.07 Å². The van der Waals surface area contributed by atoms with Crippen molar-refractivity contribution in [3.63, 3.8) is 0 Å². The monoisotopic (exact) mass is 266 g/mol. The van der Waals surface area contributed by atoms with E-state index in [9.17, 15) is 9.50 Å². The molecule has 7 heteroatoms. The van der Waals surface area contributed by atoms with Gasteiger partial charge in [-0.05, 0) is 12.1 Å². The molecule has 0 spiro atoms. The maximum Gasteiger partial charge on any atom is 0.132 e. The Kier molecular flexibility index (Phi) is 4.20. The van der Waals surface area contributed by atoms with E-state index in [0.717, 1.165) is 0 Å². The first-order valence-electron chi connectivity index (χ1n) is 5.83. The Bertz CT molecular complexity index is 558. The maximum atomic E-state index is 13.8. The second-order valence-electron chi connectivity index (χ2n) is 4.09. The topological polar surface area (TPSA) is 97.2 Å². The van der Waals surface area contributed by atoms with E-state index in [1.165, 1.54) is 10.7 Å². The maximum absolute atomic E-state index is 13.8. The molecular formula is C12H15FN4O2. The highest BCUT2D eigenvalue weighted by Crippen LogP contribution is 2.25. The van der Waals surface area contributed by atoms with Crippen LogP contribution in [0.1, 0.15) is 5.69 Å². The molecule has 0 saturated heterocycles. The van der Waals surface area contributed by atoms with E-state index >= 15 is 0 Å². The second kappa shape index (κ2) is 5.87. The fourth-order valence-corrected chi connectivity index (χ4v) is 1.82. The van der Waals surface area contributed by atoms with Gasteiger partial charge in [0.1, 0.15) is 11.5 Å². The van der Waals surface area contributed by atoms with Crippen LogP contribution in [-0.4, -0.2) is 37.9 Å². The van der Waals surface area contributed by atoms with Crippen LogP contribution in [0.2, 0.25) is 0 Å². The van der Waals surface area contributed by atoms with E-state index in [1.807, 2.05) is 0 Å². The zero-order valence-corrected chi connectivity index (χ0v) is 10.2. The van der Waals surface area contributed by atoms with Gasteiger partial charge in [0.2, 0.25) is 0 Å². The van der Waals surface area contributed by atoms with Gasteiger partial charge in [-0.15, -0.1) is 5.10 Å². The van der Waals surface area contributed by atoms with Crippen LogP contribution in [0.25, 0.3) is 11.3 Å². The van der Waals surface area contributed by atoms with Crippen LogP contribution in [0.15, 0.2) is 24.3 Å². The molecule has 0 saturated carbocycles. The molecular weight excluding hydrogens is 251 g/mol. The molecule has 0 amide bonds. The molecule has 1 unspecified atom stereocenters. The minimum Gasteiger partial charge on any atom is -0.394 e. The summed E-state index contributed by atoms with van der Waals surface area (Å²) < 4.78 is 15.2. The lowest BCUT2D eigenvalue weighted by molar-refractivity contribution is 0.0782. The third kappa shape index (κ3) is 2.78. The van der Waals surface area contributed by atoms with Gasteiger partial charge in [-0.1, -0.05) is 17.3 Å². The Labute approximate surface area is 109 Å². The summed E-state index contributed by atoms with van der Waals surface area (Å²) in [5.74, 6) is -0.417. The van der Waals surface area contributed by atoms with Gasteiger partial charge in [-0.2, -0.15) is 0 Å². The van der Waals surface area contributed by atoms with Crippen LogP contribution in [0.5, 0.6) is 0 Å². The van der Waals surface area contributed by atoms with E-state index in [-0.39, 0.29) is 13.1 Å². The van der Waals surface area contributed by atoms with E-state index < -0.39 is 18.5 Å². The normalized spacial score (nSPS) is 12.6. The molecule has 0 aliphatic heterocycles. The van der Waals surface area contributed by atoms with Gasteiger partial charge in [0.25, 0.3) is 0 Å². The lowest BCUT2D eigenvalue weighted by atomic mass is 10.1. The molecule has 1 atom stereocenters. The zero-order valence-electron chi connectivity index (χ0n) is 10.2. The van der Waals surface area contributed by atoms with Crippen molar-refractivity contribution in [2.24, 2.45) is 5.73 Å². The number of aliphatic hydroxyl groups is 2. The highest BCUT2D eigenvalue weighted by Gasteiger charge is 2.18. The van der Waals surface area contributed by atoms with Crippen LogP contribution in [-0.2, 0) is 13.1 Å². The van der Waals surface area contributed by atoms with E-state index in [1.54, 1.807) is 18.2 Å². The zero-order chi connectivity index (χ0) is 13.8. The first-order chi connectivity index (χ1) is 9.17. The van der Waals surface area contributed by atoms with Crippen LogP contribution in [0.4, 0.5) is 4.39 Å². The number of aliphatic hydroxyl groups excluding tert-OH is 2. The summed E-state index contributed by atoms with van der Waals surface area (Å²) in [5.41, 5.74) is 6.75. The average molecular weight is 266 g/mol. The minimum atomic E-state index is -0.988. The molecule has 102 valence electrons. The van der Waals surface area contributed by atoms with Crippen molar-refractivity contribution in [1.29, 1.82) is 0 Å². The van der Waals surface area contributed by atoms with E-state index in [2.05, 4.69) is 10.3 Å². The number of rotatable bonds is 5. The molecule has 4 N–H and O–H groups in total. The van der Waals surface area contributed by atoms with E-state index in [0.29, 0.717) is 17.0 Å². The molecule has 0 aliphatic carbocycles. The summed E-state index contributed by atoms with van der Waals surface area (Å²) in [6.45, 7) is -0.277. The van der Waals surface area contributed by atoms with Crippen molar-refractivity contribution in [3.05, 3.63) is 35.8 Å². The Morgan fingerprint density at radius 1 is 1.37 bits per heavy atom. The van der Waals surface area contributed by atoms with Crippen LogP contribution < -0.4 is 5.73 Å². The quantitative estimate of drug-likeness (QED) is 0.702. The van der Waals surface area contributed by atoms with Gasteiger partial charge in [-0.3, -0.25) is 0 Å². The van der Waals surface area contributed by atoms with Crippen molar-refractivity contribution in [3.8, 4) is 11.3 Å². The first kappa shape index (κ1) is 13.6. The van der Waals surface area contributed by atoms with Gasteiger partial charge in [0.05, 0.1) is 24.9 Å². The third-order valence-electron chi connectivity index (χ3n) is 2.72. The van der Waals surface area contributed by atoms with Crippen molar-refractivity contribution >= 4 is 0 Å². The largest absolute Gasteiger partial charge is 0.394 e. The fourth-order valence-electron chi connectivity index (χ4n) is 1.82. The Hall–Kier alpha value is -1.83. The molecule has 2 rings (SSSR count). The predicted octanol–water partition coefficient (Wildman–Crippen LogP) is -0.104. The molecule has 0 aliphatic rings. The Morgan fingerprint density at radius 3 is 2.74 bits per heavy atom. The summed E-state index contributed by atoms with van der Waals surface area (Å²) in [6.07, 6.45) is -0.988. The lowest BCUT2D eigenvalue weighted by Gasteiger charge is -2.11.